The molecule has 1 N–H and O–H groups in total. The monoisotopic (exact) mass is 485 g/mol. The summed E-state index contributed by atoms with van der Waals surface area (Å²) in [4.78, 5) is 12.9. The lowest BCUT2D eigenvalue weighted by molar-refractivity contribution is -0.111. The predicted molar refractivity (Wildman–Crippen MR) is 144 cm³/mol. The zero-order valence-corrected chi connectivity index (χ0v) is 21.5. The largest absolute Gasteiger partial charge is 0.497 e. The van der Waals surface area contributed by atoms with Crippen LogP contribution in [0.3, 0.4) is 0 Å². The number of furan rings is 1. The highest BCUT2D eigenvalue weighted by molar-refractivity contribution is 6.06. The van der Waals surface area contributed by atoms with Gasteiger partial charge in [-0.25, -0.2) is 0 Å². The third-order valence-electron chi connectivity index (χ3n) is 6.37. The maximum absolute atomic E-state index is 12.9. The minimum absolute atomic E-state index is 0.199. The van der Waals surface area contributed by atoms with Crippen LogP contribution in [0.25, 0.3) is 27.7 Å². The number of benzene rings is 3. The summed E-state index contributed by atoms with van der Waals surface area (Å²) in [5, 5.41) is 3.89. The molecule has 0 atom stereocenters. The van der Waals surface area contributed by atoms with Crippen LogP contribution < -0.4 is 19.5 Å². The molecule has 4 aromatic rings. The fourth-order valence-electron chi connectivity index (χ4n) is 4.50. The Bertz CT molecular complexity index is 1450. The lowest BCUT2D eigenvalue weighted by Gasteiger charge is -2.14. The molecule has 0 aliphatic rings. The Morgan fingerprint density at radius 2 is 1.78 bits per heavy atom. The number of anilines is 1. The van der Waals surface area contributed by atoms with Crippen molar-refractivity contribution in [3.8, 4) is 28.4 Å². The first-order chi connectivity index (χ1) is 17.4. The molecular formula is C30H31NO5. The number of hydrogen-bond acceptors (Lipinski definition) is 5. The number of carbonyl (C=O) groups is 1. The van der Waals surface area contributed by atoms with Crippen molar-refractivity contribution in [2.75, 3.05) is 26.6 Å². The zero-order valence-electron chi connectivity index (χ0n) is 21.5. The highest BCUT2D eigenvalue weighted by atomic mass is 16.5. The van der Waals surface area contributed by atoms with E-state index in [1.54, 1.807) is 33.7 Å². The number of ether oxygens (including phenoxy) is 3. The Balaban J connectivity index is 1.81. The summed E-state index contributed by atoms with van der Waals surface area (Å²) in [7, 11) is 4.89. The average Bonchev–Trinajstić information content (AvgIpc) is 3.32. The third-order valence-corrected chi connectivity index (χ3v) is 6.37. The van der Waals surface area contributed by atoms with E-state index in [9.17, 15) is 4.79 Å². The second-order valence-electron chi connectivity index (χ2n) is 8.50. The molecule has 0 aliphatic carbocycles. The predicted octanol–water partition coefficient (Wildman–Crippen LogP) is 7.04. The molecule has 1 amide bonds. The van der Waals surface area contributed by atoms with Gasteiger partial charge < -0.3 is 23.9 Å². The smallest absolute Gasteiger partial charge is 0.248 e. The van der Waals surface area contributed by atoms with Gasteiger partial charge in [-0.1, -0.05) is 25.1 Å². The lowest BCUT2D eigenvalue weighted by atomic mass is 9.96. The molecule has 1 aromatic heterocycles. The van der Waals surface area contributed by atoms with Gasteiger partial charge in [0.05, 0.1) is 27.6 Å². The van der Waals surface area contributed by atoms with Crippen molar-refractivity contribution in [1.29, 1.82) is 0 Å². The lowest BCUT2D eigenvalue weighted by Crippen LogP contribution is -2.10. The van der Waals surface area contributed by atoms with Gasteiger partial charge in [0, 0.05) is 39.4 Å². The van der Waals surface area contributed by atoms with Crippen LogP contribution in [0.15, 0.2) is 65.3 Å². The molecule has 6 heteroatoms. The highest BCUT2D eigenvalue weighted by Crippen LogP contribution is 2.43. The fourth-order valence-corrected chi connectivity index (χ4v) is 4.50. The summed E-state index contributed by atoms with van der Waals surface area (Å²) in [6.45, 7) is 5.92. The van der Waals surface area contributed by atoms with Crippen molar-refractivity contribution in [1.82, 2.24) is 0 Å². The van der Waals surface area contributed by atoms with E-state index in [0.29, 0.717) is 22.8 Å². The number of para-hydroxylation sites is 1. The molecule has 0 saturated heterocycles. The maximum Gasteiger partial charge on any atom is 0.248 e. The van der Waals surface area contributed by atoms with E-state index in [1.807, 2.05) is 62.4 Å². The molecule has 0 unspecified atom stereocenters. The van der Waals surface area contributed by atoms with Crippen molar-refractivity contribution < 1.29 is 23.4 Å². The zero-order chi connectivity index (χ0) is 25.8. The summed E-state index contributed by atoms with van der Waals surface area (Å²) in [5.41, 5.74) is 6.76. The molecule has 0 spiro atoms. The van der Waals surface area contributed by atoms with Crippen LogP contribution in [0, 0.1) is 6.92 Å². The van der Waals surface area contributed by atoms with Crippen molar-refractivity contribution in [2.45, 2.75) is 27.2 Å². The van der Waals surface area contributed by atoms with E-state index in [4.69, 9.17) is 18.6 Å². The quantitative estimate of drug-likeness (QED) is 0.271. The number of aryl methyl sites for hydroxylation is 2. The molecule has 3 aromatic carbocycles. The van der Waals surface area contributed by atoms with Gasteiger partial charge in [-0.15, -0.1) is 0 Å². The number of methoxy groups -OCH3 is 3. The molecule has 0 bridgehead atoms. The first kappa shape index (κ1) is 24.9. The molecule has 186 valence electrons. The Kier molecular flexibility index (Phi) is 7.34. The summed E-state index contributed by atoms with van der Waals surface area (Å²) < 4.78 is 22.8. The number of nitrogens with one attached hydrogen (secondary N) is 1. The van der Waals surface area contributed by atoms with Gasteiger partial charge in [0.2, 0.25) is 5.91 Å². The molecule has 0 aliphatic heterocycles. The number of fused-ring (bicyclic) bond motifs is 1. The normalized spacial score (nSPS) is 11.4. The van der Waals surface area contributed by atoms with Gasteiger partial charge >= 0.3 is 0 Å². The van der Waals surface area contributed by atoms with Crippen LogP contribution in [0.5, 0.6) is 17.2 Å². The van der Waals surface area contributed by atoms with Crippen LogP contribution in [0.1, 0.15) is 30.5 Å². The van der Waals surface area contributed by atoms with Gasteiger partial charge in [0.1, 0.15) is 22.8 Å². The number of carbonyl (C=O) groups excluding carboxylic acids is 1. The van der Waals surface area contributed by atoms with Crippen LogP contribution in [-0.4, -0.2) is 27.2 Å². The number of amides is 1. The molecule has 4 rings (SSSR count). The molecule has 6 nitrogen and oxygen atoms in total. The van der Waals surface area contributed by atoms with Crippen molar-refractivity contribution in [2.24, 2.45) is 0 Å². The van der Waals surface area contributed by atoms with E-state index in [-0.39, 0.29) is 5.91 Å². The van der Waals surface area contributed by atoms with Gasteiger partial charge in [-0.05, 0) is 61.7 Å². The van der Waals surface area contributed by atoms with Gasteiger partial charge in [0.25, 0.3) is 0 Å². The van der Waals surface area contributed by atoms with Gasteiger partial charge in [0.15, 0.2) is 0 Å². The molecular weight excluding hydrogens is 454 g/mol. The minimum Gasteiger partial charge on any atom is -0.497 e. The molecule has 0 saturated carbocycles. The van der Waals surface area contributed by atoms with Crippen molar-refractivity contribution in [3.05, 3.63) is 77.6 Å². The second kappa shape index (κ2) is 10.6. The van der Waals surface area contributed by atoms with E-state index in [2.05, 4.69) is 12.2 Å². The molecule has 0 radical (unpaired) electrons. The summed E-state index contributed by atoms with van der Waals surface area (Å²) in [6.07, 6.45) is 4.15. The minimum atomic E-state index is -0.199. The Labute approximate surface area is 211 Å². The number of rotatable bonds is 8. The fraction of sp³-hybridized carbons (Fsp3) is 0.233. The Hall–Kier alpha value is -4.19. The number of allylic oxidation sites excluding steroid dienone is 1. The van der Waals surface area contributed by atoms with Gasteiger partial charge in [-0.2, -0.15) is 0 Å². The number of hydrogen-bond donors (Lipinski definition) is 1. The van der Waals surface area contributed by atoms with Crippen molar-refractivity contribution >= 4 is 28.1 Å². The van der Waals surface area contributed by atoms with Crippen molar-refractivity contribution in [3.63, 3.8) is 0 Å². The van der Waals surface area contributed by atoms with Crippen LogP contribution in [0.2, 0.25) is 0 Å². The summed E-state index contributed by atoms with van der Waals surface area (Å²) >= 11 is 0. The Morgan fingerprint density at radius 3 is 2.47 bits per heavy atom. The van der Waals surface area contributed by atoms with Gasteiger partial charge in [-0.3, -0.25) is 4.79 Å². The molecule has 0 fully saturated rings. The maximum atomic E-state index is 12.9. The van der Waals surface area contributed by atoms with Crippen LogP contribution in [-0.2, 0) is 11.2 Å². The third kappa shape index (κ3) is 4.67. The average molecular weight is 486 g/mol. The van der Waals surface area contributed by atoms with E-state index in [1.165, 1.54) is 0 Å². The first-order valence-corrected chi connectivity index (χ1v) is 11.8. The van der Waals surface area contributed by atoms with Crippen LogP contribution >= 0.6 is 0 Å². The van der Waals surface area contributed by atoms with E-state index < -0.39 is 0 Å². The van der Waals surface area contributed by atoms with Crippen LogP contribution in [0.4, 0.5) is 5.69 Å². The SMILES string of the molecule is CCc1ccccc1NC(=O)/C=C(\C)c1cc2c(-c3cc(OC)ccc3OC)coc2c(C)c1OC. The molecule has 36 heavy (non-hydrogen) atoms. The first-order valence-electron chi connectivity index (χ1n) is 11.8. The summed E-state index contributed by atoms with van der Waals surface area (Å²) in [5.74, 6) is 1.88. The second-order valence-corrected chi connectivity index (χ2v) is 8.50. The highest BCUT2D eigenvalue weighted by Gasteiger charge is 2.21. The van der Waals surface area contributed by atoms with E-state index >= 15 is 0 Å². The molecule has 1 heterocycles. The summed E-state index contributed by atoms with van der Waals surface area (Å²) in [6, 6.07) is 15.5. The Morgan fingerprint density at radius 1 is 1.00 bits per heavy atom. The van der Waals surface area contributed by atoms with E-state index in [0.717, 1.165) is 50.9 Å². The topological polar surface area (TPSA) is 69.9 Å². The standard InChI is InChI=1S/C30H31NO5/c1-7-20-10-8-9-11-26(20)31-28(32)14-18(2)22-16-24-25(17-36-30(24)19(3)29(22)35-6)23-15-21(33-4)12-13-27(23)34-5/h8-17H,7H2,1-6H3,(H,31,32)/b18-14+.